The number of rotatable bonds is 9. The topological polar surface area (TPSA) is 106 Å². The highest BCUT2D eigenvalue weighted by atomic mass is 35.5. The van der Waals surface area contributed by atoms with Crippen molar-refractivity contribution in [2.75, 3.05) is 18.5 Å². The molecule has 1 aliphatic heterocycles. The number of nitrogens with zero attached hydrogens (tertiary/aromatic N) is 3. The highest BCUT2D eigenvalue weighted by molar-refractivity contribution is 6.34. The second-order valence-corrected chi connectivity index (χ2v) is 9.62. The SMILES string of the molecule is CC(C)OCCCNC(=O)C1(C)Cn2cnc(C(=O)Nc3ccccc3Cl)c2C(=O)N1C1CC1. The number of amides is 3. The molecule has 9 nitrogen and oxygen atoms in total. The van der Waals surface area contributed by atoms with Crippen LogP contribution >= 0.6 is 11.6 Å². The number of fused-ring (bicyclic) bond motifs is 1. The number of carbonyl (C=O) groups excluding carboxylic acids is 3. The van der Waals surface area contributed by atoms with Gasteiger partial charge in [-0.1, -0.05) is 23.7 Å². The lowest BCUT2D eigenvalue weighted by Gasteiger charge is -2.44. The maximum absolute atomic E-state index is 13.6. The fraction of sp³-hybridized carbons (Fsp3) is 0.500. The van der Waals surface area contributed by atoms with Crippen LogP contribution in [0.1, 0.15) is 61.0 Å². The van der Waals surface area contributed by atoms with Crippen molar-refractivity contribution in [1.29, 1.82) is 0 Å². The zero-order chi connectivity index (χ0) is 24.5. The number of halogens is 1. The molecule has 2 aliphatic rings. The zero-order valence-corrected chi connectivity index (χ0v) is 20.4. The average molecular weight is 488 g/mol. The molecule has 2 aromatic rings. The summed E-state index contributed by atoms with van der Waals surface area (Å²) in [7, 11) is 0. The maximum Gasteiger partial charge on any atom is 0.276 e. The van der Waals surface area contributed by atoms with Crippen LogP contribution in [-0.4, -0.2) is 63.0 Å². The Hall–Kier alpha value is -2.91. The number of nitrogens with one attached hydrogen (secondary N) is 2. The van der Waals surface area contributed by atoms with Crippen LogP contribution in [0.3, 0.4) is 0 Å². The summed E-state index contributed by atoms with van der Waals surface area (Å²) in [5, 5.41) is 6.07. The van der Waals surface area contributed by atoms with Crippen molar-refractivity contribution in [3.05, 3.63) is 47.0 Å². The largest absolute Gasteiger partial charge is 0.379 e. The van der Waals surface area contributed by atoms with Gasteiger partial charge in [-0.05, 0) is 52.2 Å². The van der Waals surface area contributed by atoms with Crippen molar-refractivity contribution in [1.82, 2.24) is 19.8 Å². The standard InChI is InChI=1S/C24H30ClN5O4/c1-15(2)34-12-6-11-26-23(33)24(3)13-29-14-27-19(20(29)22(32)30(24)16-9-10-16)21(31)28-18-8-5-4-7-17(18)25/h4-5,7-8,14-16H,6,9-13H2,1-3H3,(H,26,33)(H,28,31). The van der Waals surface area contributed by atoms with E-state index in [4.69, 9.17) is 16.3 Å². The molecule has 1 aliphatic carbocycles. The first-order valence-corrected chi connectivity index (χ1v) is 11.9. The van der Waals surface area contributed by atoms with Crippen LogP contribution < -0.4 is 10.6 Å². The lowest BCUT2D eigenvalue weighted by atomic mass is 9.94. The van der Waals surface area contributed by atoms with Crippen LogP contribution in [0.25, 0.3) is 0 Å². The summed E-state index contributed by atoms with van der Waals surface area (Å²) in [5.74, 6) is -1.11. The Morgan fingerprint density at radius 2 is 2.03 bits per heavy atom. The van der Waals surface area contributed by atoms with E-state index in [1.165, 1.54) is 6.33 Å². The van der Waals surface area contributed by atoms with Gasteiger partial charge in [-0.25, -0.2) is 4.98 Å². The second-order valence-electron chi connectivity index (χ2n) is 9.21. The molecule has 2 N–H and O–H groups in total. The number of anilines is 1. The Morgan fingerprint density at radius 1 is 1.29 bits per heavy atom. The Balaban J connectivity index is 1.53. The first kappa shape index (κ1) is 24.2. The molecule has 3 amide bonds. The molecule has 0 spiro atoms. The van der Waals surface area contributed by atoms with Crippen molar-refractivity contribution in [3.63, 3.8) is 0 Å². The second kappa shape index (κ2) is 9.76. The lowest BCUT2D eigenvalue weighted by molar-refractivity contribution is -0.133. The third-order valence-corrected chi connectivity index (χ3v) is 6.39. The molecule has 0 radical (unpaired) electrons. The number of imidazole rings is 1. The van der Waals surface area contributed by atoms with Crippen LogP contribution in [0.15, 0.2) is 30.6 Å². The van der Waals surface area contributed by atoms with Crippen LogP contribution in [0, 0.1) is 0 Å². The number of benzene rings is 1. The molecule has 2 heterocycles. The molecule has 1 atom stereocenters. The van der Waals surface area contributed by atoms with Gasteiger partial charge in [-0.3, -0.25) is 14.4 Å². The van der Waals surface area contributed by atoms with E-state index in [0.717, 1.165) is 12.8 Å². The highest BCUT2D eigenvalue weighted by Gasteiger charge is 2.53. The Kier molecular flexibility index (Phi) is 6.95. The van der Waals surface area contributed by atoms with Crippen LogP contribution in [0.2, 0.25) is 5.02 Å². The summed E-state index contributed by atoms with van der Waals surface area (Å²) in [5.41, 5.74) is -0.443. The number of hydrogen-bond donors (Lipinski definition) is 2. The molecule has 1 saturated carbocycles. The summed E-state index contributed by atoms with van der Waals surface area (Å²) in [6, 6.07) is 6.82. The highest BCUT2D eigenvalue weighted by Crippen LogP contribution is 2.39. The minimum atomic E-state index is -1.08. The Morgan fingerprint density at radius 3 is 2.71 bits per heavy atom. The maximum atomic E-state index is 13.6. The van der Waals surface area contributed by atoms with E-state index >= 15 is 0 Å². The van der Waals surface area contributed by atoms with E-state index in [-0.39, 0.29) is 41.9 Å². The molecule has 10 heteroatoms. The molecule has 34 heavy (non-hydrogen) atoms. The van der Waals surface area contributed by atoms with E-state index in [2.05, 4.69) is 15.6 Å². The predicted octanol–water partition coefficient (Wildman–Crippen LogP) is 3.10. The van der Waals surface area contributed by atoms with E-state index in [1.54, 1.807) is 40.7 Å². The lowest BCUT2D eigenvalue weighted by Crippen LogP contribution is -2.64. The smallest absolute Gasteiger partial charge is 0.276 e. The van der Waals surface area contributed by atoms with Crippen molar-refractivity contribution in [2.45, 2.75) is 64.3 Å². The molecule has 1 fully saturated rings. The van der Waals surface area contributed by atoms with Gasteiger partial charge in [0, 0.05) is 19.2 Å². The molecule has 4 rings (SSSR count). The van der Waals surface area contributed by atoms with E-state index in [1.807, 2.05) is 13.8 Å². The van der Waals surface area contributed by atoms with Crippen molar-refractivity contribution in [3.8, 4) is 0 Å². The third kappa shape index (κ3) is 4.81. The minimum absolute atomic E-state index is 0.0175. The normalized spacial score (nSPS) is 19.8. The fourth-order valence-electron chi connectivity index (χ4n) is 4.25. The van der Waals surface area contributed by atoms with E-state index in [0.29, 0.717) is 30.3 Å². The van der Waals surface area contributed by atoms with E-state index < -0.39 is 11.4 Å². The number of ether oxygens (including phenoxy) is 1. The molecule has 1 unspecified atom stereocenters. The molecular weight excluding hydrogens is 458 g/mol. The van der Waals surface area contributed by atoms with Gasteiger partial charge in [0.2, 0.25) is 5.91 Å². The van der Waals surface area contributed by atoms with Gasteiger partial charge in [-0.2, -0.15) is 0 Å². The van der Waals surface area contributed by atoms with Crippen molar-refractivity contribution in [2.24, 2.45) is 0 Å². The average Bonchev–Trinajstić information content (AvgIpc) is 3.52. The van der Waals surface area contributed by atoms with Gasteiger partial charge in [0.05, 0.1) is 29.7 Å². The van der Waals surface area contributed by atoms with Gasteiger partial charge >= 0.3 is 0 Å². The quantitative estimate of drug-likeness (QED) is 0.529. The van der Waals surface area contributed by atoms with Gasteiger partial charge in [0.1, 0.15) is 11.2 Å². The number of carbonyl (C=O) groups is 3. The summed E-state index contributed by atoms with van der Waals surface area (Å²) in [6.45, 7) is 6.92. The molecule has 0 saturated heterocycles. The Bertz CT molecular complexity index is 1100. The molecule has 1 aromatic heterocycles. The third-order valence-electron chi connectivity index (χ3n) is 6.07. The minimum Gasteiger partial charge on any atom is -0.379 e. The van der Waals surface area contributed by atoms with Crippen molar-refractivity contribution < 1.29 is 19.1 Å². The fourth-order valence-corrected chi connectivity index (χ4v) is 4.43. The molecule has 1 aromatic carbocycles. The Labute approximate surface area is 203 Å². The first-order chi connectivity index (χ1) is 16.2. The summed E-state index contributed by atoms with van der Waals surface area (Å²) >= 11 is 6.16. The van der Waals surface area contributed by atoms with Gasteiger partial charge in [0.25, 0.3) is 11.8 Å². The van der Waals surface area contributed by atoms with Crippen LogP contribution in [-0.2, 0) is 16.1 Å². The van der Waals surface area contributed by atoms with Gasteiger partial charge in [0.15, 0.2) is 5.69 Å². The van der Waals surface area contributed by atoms with E-state index in [9.17, 15) is 14.4 Å². The molecular formula is C24H30ClN5O4. The summed E-state index contributed by atoms with van der Waals surface area (Å²) in [6.07, 6.45) is 3.91. The first-order valence-electron chi connectivity index (χ1n) is 11.6. The predicted molar refractivity (Wildman–Crippen MR) is 128 cm³/mol. The monoisotopic (exact) mass is 487 g/mol. The number of aromatic nitrogens is 2. The van der Waals surface area contributed by atoms with Crippen LogP contribution in [0.5, 0.6) is 0 Å². The van der Waals surface area contributed by atoms with Crippen LogP contribution in [0.4, 0.5) is 5.69 Å². The number of hydrogen-bond acceptors (Lipinski definition) is 5. The van der Waals surface area contributed by atoms with Gasteiger partial charge < -0.3 is 24.8 Å². The summed E-state index contributed by atoms with van der Waals surface area (Å²) in [4.78, 5) is 45.7. The molecule has 0 bridgehead atoms. The van der Waals surface area contributed by atoms with Crippen molar-refractivity contribution >= 4 is 35.0 Å². The molecule has 182 valence electrons. The number of para-hydroxylation sites is 1. The zero-order valence-electron chi connectivity index (χ0n) is 19.6. The van der Waals surface area contributed by atoms with Gasteiger partial charge in [-0.15, -0.1) is 0 Å². The summed E-state index contributed by atoms with van der Waals surface area (Å²) < 4.78 is 7.13.